The van der Waals surface area contributed by atoms with Gasteiger partial charge < -0.3 is 0 Å². The van der Waals surface area contributed by atoms with Gasteiger partial charge in [-0.1, -0.05) is 61.6 Å². The van der Waals surface area contributed by atoms with E-state index in [-0.39, 0.29) is 0 Å². The molecule has 0 N–H and O–H groups in total. The summed E-state index contributed by atoms with van der Waals surface area (Å²) < 4.78 is 0. The first-order valence-electron chi connectivity index (χ1n) is 5.17. The van der Waals surface area contributed by atoms with E-state index in [2.05, 4.69) is 68.5 Å². The Labute approximate surface area is 87.0 Å². The second-order valence-corrected chi connectivity index (χ2v) is 3.43. The van der Waals surface area contributed by atoms with Crippen molar-refractivity contribution in [1.82, 2.24) is 0 Å². The molecule has 0 bridgehead atoms. The molecule has 0 amide bonds. The van der Waals surface area contributed by atoms with Gasteiger partial charge in [-0.15, -0.1) is 0 Å². The molecule has 1 atom stereocenters. The smallest absolute Gasteiger partial charge is 0.00103 e. The third-order valence-corrected chi connectivity index (χ3v) is 2.26. The summed E-state index contributed by atoms with van der Waals surface area (Å²) >= 11 is 0. The molecular formula is C14H18. The Kier molecular flexibility index (Phi) is 4.77. The van der Waals surface area contributed by atoms with Crippen LogP contribution in [0.15, 0.2) is 54.6 Å². The van der Waals surface area contributed by atoms with Crippen molar-refractivity contribution in [2.75, 3.05) is 0 Å². The molecule has 0 aliphatic carbocycles. The van der Waals surface area contributed by atoms with Gasteiger partial charge in [-0.2, -0.15) is 0 Å². The molecule has 0 heterocycles. The van der Waals surface area contributed by atoms with Gasteiger partial charge in [0.1, 0.15) is 0 Å². The Morgan fingerprint density at radius 2 is 1.86 bits per heavy atom. The third-order valence-electron chi connectivity index (χ3n) is 2.26. The molecule has 0 saturated heterocycles. The SMILES string of the molecule is CC=CCC=CC(C)c1ccccc1. The Morgan fingerprint density at radius 1 is 1.14 bits per heavy atom. The number of hydrogen-bond acceptors (Lipinski definition) is 0. The van der Waals surface area contributed by atoms with Gasteiger partial charge in [-0.05, 0) is 24.8 Å². The standard InChI is InChI=1S/C14H18/c1-3-4-5-7-10-13(2)14-11-8-6-9-12-14/h3-4,6-13H,5H2,1-2H3. The molecule has 0 aliphatic rings. The Balaban J connectivity index is 2.50. The largest absolute Gasteiger partial charge is 0.0914 e. The molecule has 0 heteroatoms. The van der Waals surface area contributed by atoms with Crippen LogP contribution in [-0.2, 0) is 0 Å². The average molecular weight is 186 g/mol. The summed E-state index contributed by atoms with van der Waals surface area (Å²) in [6.07, 6.45) is 9.76. The minimum absolute atomic E-state index is 0.515. The molecule has 0 fully saturated rings. The minimum atomic E-state index is 0.515. The molecule has 1 rings (SSSR count). The summed E-state index contributed by atoms with van der Waals surface area (Å²) in [5, 5.41) is 0. The number of rotatable bonds is 4. The highest BCUT2D eigenvalue weighted by atomic mass is 14.0. The molecule has 1 aromatic carbocycles. The molecule has 0 radical (unpaired) electrons. The minimum Gasteiger partial charge on any atom is -0.0914 e. The van der Waals surface area contributed by atoms with Crippen LogP contribution in [0.2, 0.25) is 0 Å². The zero-order valence-electron chi connectivity index (χ0n) is 8.98. The van der Waals surface area contributed by atoms with Crippen LogP contribution in [0.25, 0.3) is 0 Å². The zero-order valence-corrected chi connectivity index (χ0v) is 8.98. The third kappa shape index (κ3) is 3.61. The van der Waals surface area contributed by atoms with Crippen molar-refractivity contribution in [2.45, 2.75) is 26.2 Å². The lowest BCUT2D eigenvalue weighted by atomic mass is 10.0. The highest BCUT2D eigenvalue weighted by Crippen LogP contribution is 2.15. The van der Waals surface area contributed by atoms with Crippen LogP contribution in [0.3, 0.4) is 0 Å². The Morgan fingerprint density at radius 3 is 2.50 bits per heavy atom. The maximum absolute atomic E-state index is 2.26. The van der Waals surface area contributed by atoms with E-state index in [1.165, 1.54) is 5.56 Å². The molecule has 1 unspecified atom stereocenters. The second-order valence-electron chi connectivity index (χ2n) is 3.43. The van der Waals surface area contributed by atoms with Crippen LogP contribution < -0.4 is 0 Å². The van der Waals surface area contributed by atoms with Gasteiger partial charge in [0.25, 0.3) is 0 Å². The summed E-state index contributed by atoms with van der Waals surface area (Å²) in [7, 11) is 0. The van der Waals surface area contributed by atoms with E-state index in [1.54, 1.807) is 0 Å². The van der Waals surface area contributed by atoms with E-state index in [1.807, 2.05) is 0 Å². The summed E-state index contributed by atoms with van der Waals surface area (Å²) in [6, 6.07) is 10.6. The van der Waals surface area contributed by atoms with Gasteiger partial charge >= 0.3 is 0 Å². The van der Waals surface area contributed by atoms with Crippen molar-refractivity contribution in [1.29, 1.82) is 0 Å². The first-order chi connectivity index (χ1) is 6.84. The van der Waals surface area contributed by atoms with E-state index in [0.717, 1.165) is 6.42 Å². The second kappa shape index (κ2) is 6.20. The van der Waals surface area contributed by atoms with E-state index in [9.17, 15) is 0 Å². The number of allylic oxidation sites excluding steroid dienone is 4. The fraction of sp³-hybridized carbons (Fsp3) is 0.286. The normalized spacial score (nSPS) is 13.9. The monoisotopic (exact) mass is 186 g/mol. The maximum Gasteiger partial charge on any atom is -0.00103 e. The van der Waals surface area contributed by atoms with Crippen LogP contribution in [0.4, 0.5) is 0 Å². The molecular weight excluding hydrogens is 168 g/mol. The predicted molar refractivity (Wildman–Crippen MR) is 63.4 cm³/mol. The van der Waals surface area contributed by atoms with E-state index in [0.29, 0.717) is 5.92 Å². The van der Waals surface area contributed by atoms with Crippen molar-refractivity contribution in [3.8, 4) is 0 Å². The molecule has 0 spiro atoms. The molecule has 0 aliphatic heterocycles. The lowest BCUT2D eigenvalue weighted by Crippen LogP contribution is -1.87. The summed E-state index contributed by atoms with van der Waals surface area (Å²) in [6.45, 7) is 4.27. The van der Waals surface area contributed by atoms with Crippen LogP contribution in [0.1, 0.15) is 31.7 Å². The van der Waals surface area contributed by atoms with Gasteiger partial charge in [0.05, 0.1) is 0 Å². The lowest BCUT2D eigenvalue weighted by Gasteiger charge is -2.05. The quantitative estimate of drug-likeness (QED) is 0.614. The summed E-state index contributed by atoms with van der Waals surface area (Å²) in [5.41, 5.74) is 1.38. The first kappa shape index (κ1) is 10.8. The van der Waals surface area contributed by atoms with Crippen molar-refractivity contribution in [2.24, 2.45) is 0 Å². The zero-order chi connectivity index (χ0) is 10.2. The predicted octanol–water partition coefficient (Wildman–Crippen LogP) is 4.31. The fourth-order valence-electron chi connectivity index (χ4n) is 1.37. The van der Waals surface area contributed by atoms with Crippen LogP contribution in [0.5, 0.6) is 0 Å². The van der Waals surface area contributed by atoms with Gasteiger partial charge in [-0.3, -0.25) is 0 Å². The molecule has 0 nitrogen and oxygen atoms in total. The molecule has 1 aromatic rings. The molecule has 74 valence electrons. The maximum atomic E-state index is 2.26. The highest BCUT2D eigenvalue weighted by molar-refractivity contribution is 5.22. The molecule has 0 aromatic heterocycles. The van der Waals surface area contributed by atoms with Crippen molar-refractivity contribution in [3.63, 3.8) is 0 Å². The topological polar surface area (TPSA) is 0 Å². The number of hydrogen-bond donors (Lipinski definition) is 0. The van der Waals surface area contributed by atoms with E-state index in [4.69, 9.17) is 0 Å². The average Bonchev–Trinajstić information content (AvgIpc) is 2.25. The highest BCUT2D eigenvalue weighted by Gasteiger charge is 1.97. The first-order valence-corrected chi connectivity index (χ1v) is 5.17. The van der Waals surface area contributed by atoms with E-state index < -0.39 is 0 Å². The summed E-state index contributed by atoms with van der Waals surface area (Å²) in [4.78, 5) is 0. The lowest BCUT2D eigenvalue weighted by molar-refractivity contribution is 0.961. The van der Waals surface area contributed by atoms with Gasteiger partial charge in [0, 0.05) is 0 Å². The fourth-order valence-corrected chi connectivity index (χ4v) is 1.37. The van der Waals surface area contributed by atoms with Gasteiger partial charge in [0.2, 0.25) is 0 Å². The van der Waals surface area contributed by atoms with E-state index >= 15 is 0 Å². The Hall–Kier alpha value is -1.30. The van der Waals surface area contributed by atoms with Crippen LogP contribution in [0, 0.1) is 0 Å². The Bertz CT molecular complexity index is 293. The van der Waals surface area contributed by atoms with Crippen LogP contribution >= 0.6 is 0 Å². The van der Waals surface area contributed by atoms with Gasteiger partial charge in [-0.25, -0.2) is 0 Å². The summed E-state index contributed by atoms with van der Waals surface area (Å²) in [5.74, 6) is 0.515. The number of benzene rings is 1. The van der Waals surface area contributed by atoms with Crippen molar-refractivity contribution < 1.29 is 0 Å². The van der Waals surface area contributed by atoms with Crippen LogP contribution in [-0.4, -0.2) is 0 Å². The molecule has 0 saturated carbocycles. The van der Waals surface area contributed by atoms with Crippen molar-refractivity contribution >= 4 is 0 Å². The van der Waals surface area contributed by atoms with Crippen molar-refractivity contribution in [3.05, 3.63) is 60.2 Å². The van der Waals surface area contributed by atoms with Gasteiger partial charge in [0.15, 0.2) is 0 Å². The molecule has 14 heavy (non-hydrogen) atoms.